The number of esters is 1. The van der Waals surface area contributed by atoms with Gasteiger partial charge in [-0.05, 0) is 30.0 Å². The molecule has 1 aliphatic rings. The predicted octanol–water partition coefficient (Wildman–Crippen LogP) is 2.52. The molecule has 0 heterocycles. The Morgan fingerprint density at radius 2 is 1.67 bits per heavy atom. The molecule has 2 aromatic carbocycles. The fourth-order valence-corrected chi connectivity index (χ4v) is 4.20. The second-order valence-corrected chi connectivity index (χ2v) is 7.57. The Morgan fingerprint density at radius 1 is 1.08 bits per heavy atom. The van der Waals surface area contributed by atoms with Crippen LogP contribution in [0.2, 0.25) is 0 Å². The number of carbonyl (C=O) groups excluding carboxylic acids is 1. The van der Waals surface area contributed by atoms with E-state index >= 15 is 0 Å². The molecule has 6 heteroatoms. The quantitative estimate of drug-likeness (QED) is 0.817. The van der Waals surface area contributed by atoms with Crippen molar-refractivity contribution in [3.8, 4) is 0 Å². The summed E-state index contributed by atoms with van der Waals surface area (Å²) < 4.78 is 32.9. The lowest BCUT2D eigenvalue weighted by Gasteiger charge is -2.19. The van der Waals surface area contributed by atoms with Gasteiger partial charge >= 0.3 is 5.97 Å². The summed E-state index contributed by atoms with van der Waals surface area (Å²) in [6.45, 7) is 0. The number of carbonyl (C=O) groups is 1. The van der Waals surface area contributed by atoms with Crippen LogP contribution in [-0.2, 0) is 19.6 Å². The summed E-state index contributed by atoms with van der Waals surface area (Å²) in [6, 6.07) is 17.1. The molecule has 24 heavy (non-hydrogen) atoms. The Balaban J connectivity index is 1.88. The summed E-state index contributed by atoms with van der Waals surface area (Å²) in [6.07, 6.45) is 0.615. The third-order valence-corrected chi connectivity index (χ3v) is 5.72. The Labute approximate surface area is 141 Å². The van der Waals surface area contributed by atoms with E-state index in [1.54, 1.807) is 30.3 Å². The summed E-state index contributed by atoms with van der Waals surface area (Å²) in [4.78, 5) is 12.0. The maximum Gasteiger partial charge on any atom is 0.309 e. The molecule has 1 N–H and O–H groups in total. The van der Waals surface area contributed by atoms with Crippen molar-refractivity contribution < 1.29 is 17.9 Å². The van der Waals surface area contributed by atoms with E-state index in [1.165, 1.54) is 7.11 Å². The van der Waals surface area contributed by atoms with E-state index in [1.807, 2.05) is 30.3 Å². The van der Waals surface area contributed by atoms with Crippen LogP contribution in [0.4, 0.5) is 0 Å². The molecule has 2 aromatic rings. The summed E-state index contributed by atoms with van der Waals surface area (Å²) >= 11 is 0. The number of hydrogen-bond acceptors (Lipinski definition) is 4. The summed E-state index contributed by atoms with van der Waals surface area (Å²) in [7, 11) is -2.32. The molecule has 126 valence electrons. The van der Waals surface area contributed by atoms with Crippen LogP contribution < -0.4 is 4.72 Å². The normalized spacial score (nSPS) is 21.0. The maximum atomic E-state index is 12.7. The highest BCUT2D eigenvalue weighted by molar-refractivity contribution is 7.89. The average molecular weight is 345 g/mol. The minimum absolute atomic E-state index is 0.0988. The third-order valence-electron chi connectivity index (χ3n) is 4.27. The maximum absolute atomic E-state index is 12.7. The molecule has 1 aliphatic carbocycles. The van der Waals surface area contributed by atoms with Crippen molar-refractivity contribution in [3.05, 3.63) is 66.2 Å². The number of rotatable bonds is 6. The number of nitrogens with one attached hydrogen (secondary N) is 1. The SMILES string of the molecule is COC(=O)[C@@H]1C[C@@H]1[C@@H](NS(=O)(=O)c1ccccc1)c1ccccc1. The molecule has 0 bridgehead atoms. The highest BCUT2D eigenvalue weighted by Gasteiger charge is 2.50. The summed E-state index contributed by atoms with van der Waals surface area (Å²) in [5, 5.41) is 0. The first-order valence-electron chi connectivity index (χ1n) is 7.73. The lowest BCUT2D eigenvalue weighted by molar-refractivity contribution is -0.142. The van der Waals surface area contributed by atoms with E-state index in [2.05, 4.69) is 4.72 Å². The van der Waals surface area contributed by atoms with Crippen molar-refractivity contribution in [1.82, 2.24) is 4.72 Å². The highest BCUT2D eigenvalue weighted by Crippen LogP contribution is 2.48. The zero-order chi connectivity index (χ0) is 17.2. The number of methoxy groups -OCH3 is 1. The first-order valence-corrected chi connectivity index (χ1v) is 9.21. The van der Waals surface area contributed by atoms with E-state index < -0.39 is 16.1 Å². The minimum Gasteiger partial charge on any atom is -0.469 e. The smallest absolute Gasteiger partial charge is 0.309 e. The lowest BCUT2D eigenvalue weighted by Crippen LogP contribution is -2.31. The fraction of sp³-hybridized carbons (Fsp3) is 0.278. The molecule has 0 amide bonds. The highest BCUT2D eigenvalue weighted by atomic mass is 32.2. The van der Waals surface area contributed by atoms with Gasteiger partial charge in [-0.15, -0.1) is 0 Å². The standard InChI is InChI=1S/C18H19NO4S/c1-23-18(20)16-12-15(16)17(13-8-4-2-5-9-13)19-24(21,22)14-10-6-3-7-11-14/h2-11,15-17,19H,12H2,1H3/t15-,16+,17-/m0/s1. The molecular weight excluding hydrogens is 326 g/mol. The van der Waals surface area contributed by atoms with Gasteiger partial charge in [-0.3, -0.25) is 4.79 Å². The van der Waals surface area contributed by atoms with Crippen LogP contribution in [0.5, 0.6) is 0 Å². The van der Waals surface area contributed by atoms with Gasteiger partial charge in [0.25, 0.3) is 0 Å². The first kappa shape index (κ1) is 16.7. The van der Waals surface area contributed by atoms with Gasteiger partial charge in [0.05, 0.1) is 24.0 Å². The monoisotopic (exact) mass is 345 g/mol. The Hall–Kier alpha value is -2.18. The van der Waals surface area contributed by atoms with Crippen molar-refractivity contribution in [1.29, 1.82) is 0 Å². The number of sulfonamides is 1. The van der Waals surface area contributed by atoms with Crippen molar-refractivity contribution >= 4 is 16.0 Å². The van der Waals surface area contributed by atoms with Gasteiger partial charge in [-0.1, -0.05) is 48.5 Å². The number of hydrogen-bond donors (Lipinski definition) is 1. The van der Waals surface area contributed by atoms with E-state index in [9.17, 15) is 13.2 Å². The zero-order valence-corrected chi connectivity index (χ0v) is 14.1. The lowest BCUT2D eigenvalue weighted by atomic mass is 10.0. The molecule has 0 saturated heterocycles. The van der Waals surface area contributed by atoms with Gasteiger partial charge in [0.2, 0.25) is 10.0 Å². The van der Waals surface area contributed by atoms with Crippen LogP contribution in [-0.4, -0.2) is 21.5 Å². The van der Waals surface area contributed by atoms with Crippen LogP contribution in [0.15, 0.2) is 65.6 Å². The molecular formula is C18H19NO4S. The Bertz CT molecular complexity index is 805. The third kappa shape index (κ3) is 3.49. The number of benzene rings is 2. The van der Waals surface area contributed by atoms with Crippen LogP contribution >= 0.6 is 0 Å². The van der Waals surface area contributed by atoms with Gasteiger partial charge in [0, 0.05) is 0 Å². The molecule has 0 radical (unpaired) electrons. The van der Waals surface area contributed by atoms with Crippen LogP contribution in [0, 0.1) is 11.8 Å². The van der Waals surface area contributed by atoms with Crippen molar-refractivity contribution in [2.45, 2.75) is 17.4 Å². The van der Waals surface area contributed by atoms with Gasteiger partial charge in [0.15, 0.2) is 0 Å². The largest absolute Gasteiger partial charge is 0.469 e. The predicted molar refractivity (Wildman–Crippen MR) is 89.6 cm³/mol. The van der Waals surface area contributed by atoms with Gasteiger partial charge < -0.3 is 4.74 Å². The van der Waals surface area contributed by atoms with Crippen LogP contribution in [0.3, 0.4) is 0 Å². The van der Waals surface area contributed by atoms with E-state index in [-0.39, 0.29) is 22.7 Å². The summed E-state index contributed by atoms with van der Waals surface area (Å²) in [5.41, 5.74) is 0.841. The second-order valence-electron chi connectivity index (χ2n) is 5.85. The number of ether oxygens (including phenoxy) is 1. The Kier molecular flexibility index (Phi) is 4.69. The molecule has 0 spiro atoms. The van der Waals surface area contributed by atoms with Crippen LogP contribution in [0.25, 0.3) is 0 Å². The van der Waals surface area contributed by atoms with Gasteiger partial charge in [-0.25, -0.2) is 13.1 Å². The molecule has 3 rings (SSSR count). The first-order chi connectivity index (χ1) is 11.5. The van der Waals surface area contributed by atoms with E-state index in [4.69, 9.17) is 4.74 Å². The molecule has 1 saturated carbocycles. The molecule has 0 unspecified atom stereocenters. The van der Waals surface area contributed by atoms with Crippen LogP contribution in [0.1, 0.15) is 18.0 Å². The molecule has 5 nitrogen and oxygen atoms in total. The van der Waals surface area contributed by atoms with E-state index in [0.29, 0.717) is 6.42 Å². The van der Waals surface area contributed by atoms with Gasteiger partial charge in [0.1, 0.15) is 0 Å². The fourth-order valence-electron chi connectivity index (χ4n) is 2.90. The van der Waals surface area contributed by atoms with E-state index in [0.717, 1.165) is 5.56 Å². The van der Waals surface area contributed by atoms with Crippen molar-refractivity contribution in [3.63, 3.8) is 0 Å². The molecule has 1 fully saturated rings. The topological polar surface area (TPSA) is 72.5 Å². The molecule has 0 aliphatic heterocycles. The van der Waals surface area contributed by atoms with Gasteiger partial charge in [-0.2, -0.15) is 0 Å². The molecule has 0 aromatic heterocycles. The zero-order valence-electron chi connectivity index (χ0n) is 13.3. The van der Waals surface area contributed by atoms with Crippen molar-refractivity contribution in [2.75, 3.05) is 7.11 Å². The Morgan fingerprint density at radius 3 is 2.25 bits per heavy atom. The minimum atomic E-state index is -3.67. The molecule has 3 atom stereocenters. The van der Waals surface area contributed by atoms with Crippen molar-refractivity contribution in [2.24, 2.45) is 11.8 Å². The average Bonchev–Trinajstić information content (AvgIpc) is 3.41. The summed E-state index contributed by atoms with van der Waals surface area (Å²) in [5.74, 6) is -0.656. The second kappa shape index (κ2) is 6.75.